The van der Waals surface area contributed by atoms with E-state index >= 15 is 0 Å². The molecule has 0 saturated heterocycles. The van der Waals surface area contributed by atoms with Gasteiger partial charge in [0.1, 0.15) is 11.3 Å². The number of hydrogen-bond donors (Lipinski definition) is 0. The molecule has 5 nitrogen and oxygen atoms in total. The van der Waals surface area contributed by atoms with Gasteiger partial charge in [0.05, 0.1) is 18.2 Å². The van der Waals surface area contributed by atoms with Crippen molar-refractivity contribution in [3.05, 3.63) is 67.8 Å². The Morgan fingerprint density at radius 1 is 1.10 bits per heavy atom. The van der Waals surface area contributed by atoms with Gasteiger partial charge in [-0.05, 0) is 42.5 Å². The van der Waals surface area contributed by atoms with Crippen molar-refractivity contribution in [2.45, 2.75) is 0 Å². The van der Waals surface area contributed by atoms with E-state index in [4.69, 9.17) is 9.15 Å². The third-order valence-electron chi connectivity index (χ3n) is 3.08. The molecule has 0 bridgehead atoms. The molecule has 0 saturated carbocycles. The van der Waals surface area contributed by atoms with Crippen LogP contribution in [0.3, 0.4) is 0 Å². The Bertz CT molecular complexity index is 925. The van der Waals surface area contributed by atoms with Crippen molar-refractivity contribution in [1.29, 1.82) is 0 Å². The second-order valence-electron chi connectivity index (χ2n) is 4.35. The normalized spacial score (nSPS) is 10.8. The monoisotopic (exact) mass is 347 g/mol. The van der Waals surface area contributed by atoms with Crippen molar-refractivity contribution < 1.29 is 9.15 Å². The molecule has 2 aromatic carbocycles. The van der Waals surface area contributed by atoms with Crippen molar-refractivity contribution in [3.8, 4) is 11.4 Å². The SMILES string of the molecule is COc1ccc2oc(=O)n(-c3ccc(Br)cc3)c(=O)c2c1. The summed E-state index contributed by atoms with van der Waals surface area (Å²) in [5, 5.41) is 0.289. The van der Waals surface area contributed by atoms with Gasteiger partial charge in [0.25, 0.3) is 5.56 Å². The molecule has 1 heterocycles. The van der Waals surface area contributed by atoms with Gasteiger partial charge in [-0.3, -0.25) is 4.79 Å². The van der Waals surface area contributed by atoms with E-state index in [2.05, 4.69) is 15.9 Å². The molecule has 0 aliphatic rings. The highest BCUT2D eigenvalue weighted by Gasteiger charge is 2.12. The van der Waals surface area contributed by atoms with Gasteiger partial charge in [0.2, 0.25) is 0 Å². The molecule has 0 atom stereocenters. The van der Waals surface area contributed by atoms with E-state index in [1.807, 2.05) is 0 Å². The first-order valence-corrected chi connectivity index (χ1v) is 6.89. The third kappa shape index (κ3) is 2.38. The summed E-state index contributed by atoms with van der Waals surface area (Å²) in [6.07, 6.45) is 0. The second kappa shape index (κ2) is 5.21. The Morgan fingerprint density at radius 2 is 1.81 bits per heavy atom. The summed E-state index contributed by atoms with van der Waals surface area (Å²) in [6, 6.07) is 11.5. The van der Waals surface area contributed by atoms with Crippen molar-refractivity contribution >= 4 is 26.9 Å². The number of methoxy groups -OCH3 is 1. The summed E-state index contributed by atoms with van der Waals surface area (Å²) in [5.74, 6) is -0.198. The molecule has 21 heavy (non-hydrogen) atoms. The number of halogens is 1. The van der Waals surface area contributed by atoms with Crippen molar-refractivity contribution in [2.75, 3.05) is 7.11 Å². The predicted octanol–water partition coefficient (Wildman–Crippen LogP) is 2.72. The molecular weight excluding hydrogens is 338 g/mol. The fourth-order valence-corrected chi connectivity index (χ4v) is 2.31. The van der Waals surface area contributed by atoms with E-state index in [0.29, 0.717) is 11.4 Å². The summed E-state index contributed by atoms with van der Waals surface area (Å²) in [7, 11) is 1.51. The van der Waals surface area contributed by atoms with Crippen LogP contribution < -0.4 is 16.1 Å². The van der Waals surface area contributed by atoms with Crippen LogP contribution in [0, 0.1) is 0 Å². The number of nitrogens with zero attached hydrogens (tertiary/aromatic N) is 1. The molecule has 3 aromatic rings. The average Bonchev–Trinajstić information content (AvgIpc) is 2.49. The summed E-state index contributed by atoms with van der Waals surface area (Å²) < 4.78 is 12.1. The average molecular weight is 348 g/mol. The maximum atomic E-state index is 12.5. The lowest BCUT2D eigenvalue weighted by Gasteiger charge is -2.06. The zero-order chi connectivity index (χ0) is 15.0. The maximum absolute atomic E-state index is 12.5. The standard InChI is InChI=1S/C15H10BrNO4/c1-20-11-6-7-13-12(8-11)14(18)17(15(19)21-13)10-4-2-9(16)3-5-10/h2-8H,1H3. The van der Waals surface area contributed by atoms with Gasteiger partial charge in [-0.15, -0.1) is 0 Å². The van der Waals surface area contributed by atoms with Gasteiger partial charge in [-0.2, -0.15) is 0 Å². The van der Waals surface area contributed by atoms with Crippen LogP contribution in [0.15, 0.2) is 60.9 Å². The third-order valence-corrected chi connectivity index (χ3v) is 3.61. The highest BCUT2D eigenvalue weighted by atomic mass is 79.9. The van der Waals surface area contributed by atoms with Crippen LogP contribution in [-0.2, 0) is 0 Å². The molecule has 0 unspecified atom stereocenters. The molecule has 0 spiro atoms. The fourth-order valence-electron chi connectivity index (χ4n) is 2.05. The van der Waals surface area contributed by atoms with Gasteiger partial charge in [-0.25, -0.2) is 9.36 Å². The molecule has 1 aromatic heterocycles. The molecule has 0 radical (unpaired) electrons. The summed E-state index contributed by atoms with van der Waals surface area (Å²) >= 11 is 3.31. The fraction of sp³-hybridized carbons (Fsp3) is 0.0667. The van der Waals surface area contributed by atoms with Gasteiger partial charge < -0.3 is 9.15 Å². The smallest absolute Gasteiger partial charge is 0.426 e. The molecule has 0 amide bonds. The molecule has 6 heteroatoms. The first kappa shape index (κ1) is 13.6. The maximum Gasteiger partial charge on any atom is 0.426 e. The lowest BCUT2D eigenvalue weighted by molar-refractivity contribution is 0.414. The molecule has 106 valence electrons. The summed E-state index contributed by atoms with van der Waals surface area (Å²) in [6.45, 7) is 0. The zero-order valence-electron chi connectivity index (χ0n) is 11.0. The van der Waals surface area contributed by atoms with Gasteiger partial charge >= 0.3 is 5.76 Å². The largest absolute Gasteiger partial charge is 0.497 e. The molecular formula is C15H10BrNO4. The van der Waals surface area contributed by atoms with E-state index in [0.717, 1.165) is 9.04 Å². The number of rotatable bonds is 2. The first-order chi connectivity index (χ1) is 10.1. The number of benzene rings is 2. The summed E-state index contributed by atoms with van der Waals surface area (Å²) in [4.78, 5) is 24.6. The van der Waals surface area contributed by atoms with Gasteiger partial charge in [0.15, 0.2) is 0 Å². The van der Waals surface area contributed by atoms with E-state index in [-0.39, 0.29) is 11.0 Å². The van der Waals surface area contributed by atoms with E-state index in [1.54, 1.807) is 42.5 Å². The Hall–Kier alpha value is -2.34. The number of ether oxygens (including phenoxy) is 1. The number of fused-ring (bicyclic) bond motifs is 1. The number of aromatic nitrogens is 1. The van der Waals surface area contributed by atoms with Crippen LogP contribution in [-0.4, -0.2) is 11.7 Å². The minimum atomic E-state index is -0.722. The summed E-state index contributed by atoms with van der Waals surface area (Å²) in [5.41, 5.74) is 0.239. The molecule has 0 aliphatic carbocycles. The van der Waals surface area contributed by atoms with Crippen molar-refractivity contribution in [3.63, 3.8) is 0 Å². The highest BCUT2D eigenvalue weighted by molar-refractivity contribution is 9.10. The van der Waals surface area contributed by atoms with E-state index in [1.165, 1.54) is 7.11 Å². The quantitative estimate of drug-likeness (QED) is 0.715. The van der Waals surface area contributed by atoms with E-state index < -0.39 is 11.3 Å². The van der Waals surface area contributed by atoms with Crippen LogP contribution in [0.2, 0.25) is 0 Å². The Labute approximate surface area is 127 Å². The minimum absolute atomic E-state index is 0.235. The first-order valence-electron chi connectivity index (χ1n) is 6.10. The topological polar surface area (TPSA) is 61.4 Å². The van der Waals surface area contributed by atoms with Crippen LogP contribution >= 0.6 is 15.9 Å². The van der Waals surface area contributed by atoms with Crippen LogP contribution in [0.25, 0.3) is 16.7 Å². The number of hydrogen-bond acceptors (Lipinski definition) is 4. The van der Waals surface area contributed by atoms with Gasteiger partial charge in [0, 0.05) is 4.47 Å². The van der Waals surface area contributed by atoms with Crippen molar-refractivity contribution in [1.82, 2.24) is 4.57 Å². The van der Waals surface area contributed by atoms with Crippen LogP contribution in [0.4, 0.5) is 0 Å². The molecule has 0 N–H and O–H groups in total. The Morgan fingerprint density at radius 3 is 2.48 bits per heavy atom. The zero-order valence-corrected chi connectivity index (χ0v) is 12.6. The molecule has 3 rings (SSSR count). The predicted molar refractivity (Wildman–Crippen MR) is 82.3 cm³/mol. The Kier molecular flexibility index (Phi) is 3.39. The lowest BCUT2D eigenvalue weighted by atomic mass is 10.2. The minimum Gasteiger partial charge on any atom is -0.497 e. The van der Waals surface area contributed by atoms with Crippen LogP contribution in [0.1, 0.15) is 0 Å². The van der Waals surface area contributed by atoms with E-state index in [9.17, 15) is 9.59 Å². The van der Waals surface area contributed by atoms with Crippen LogP contribution in [0.5, 0.6) is 5.75 Å². The van der Waals surface area contributed by atoms with Gasteiger partial charge in [-0.1, -0.05) is 15.9 Å². The Balaban J connectivity index is 2.35. The molecule has 0 aliphatic heterocycles. The second-order valence-corrected chi connectivity index (χ2v) is 5.26. The van der Waals surface area contributed by atoms with Crippen molar-refractivity contribution in [2.24, 2.45) is 0 Å². The molecule has 0 fully saturated rings. The lowest BCUT2D eigenvalue weighted by Crippen LogP contribution is -2.30. The highest BCUT2D eigenvalue weighted by Crippen LogP contribution is 2.18.